The van der Waals surface area contributed by atoms with E-state index in [2.05, 4.69) is 6.58 Å². The third kappa shape index (κ3) is 2.95. The molecule has 0 N–H and O–H groups in total. The van der Waals surface area contributed by atoms with Gasteiger partial charge in [0, 0.05) is 7.05 Å². The maximum atomic E-state index is 12.5. The van der Waals surface area contributed by atoms with Gasteiger partial charge in [0.05, 0.1) is 30.8 Å². The molecule has 1 aromatic rings. The van der Waals surface area contributed by atoms with Crippen molar-refractivity contribution in [2.45, 2.75) is 13.0 Å². The number of hydrogen-bond donors (Lipinski definition) is 0. The van der Waals surface area contributed by atoms with E-state index >= 15 is 0 Å². The molecule has 0 bridgehead atoms. The van der Waals surface area contributed by atoms with E-state index in [-0.39, 0.29) is 18.4 Å². The second-order valence-electron chi connectivity index (χ2n) is 5.51. The minimum atomic E-state index is -0.502. The maximum Gasteiger partial charge on any atom is 0.261 e. The van der Waals surface area contributed by atoms with Crippen molar-refractivity contribution in [3.63, 3.8) is 0 Å². The average Bonchev–Trinajstić information content (AvgIpc) is 2.84. The second kappa shape index (κ2) is 7.12. The number of likely N-dealkylation sites (N-methyl/N-ethyl adjacent to an activating group) is 1. The number of methoxy groups -OCH3 is 1. The summed E-state index contributed by atoms with van der Waals surface area (Å²) in [7, 11) is 3.09. The van der Waals surface area contributed by atoms with Crippen LogP contribution in [0.3, 0.4) is 0 Å². The molecule has 6 nitrogen and oxygen atoms in total. The van der Waals surface area contributed by atoms with Gasteiger partial charge in [-0.05, 0) is 30.7 Å². The van der Waals surface area contributed by atoms with Gasteiger partial charge < -0.3 is 9.64 Å². The molecule has 1 heterocycles. The molecule has 0 saturated heterocycles. The number of imide groups is 1. The smallest absolute Gasteiger partial charge is 0.261 e. The van der Waals surface area contributed by atoms with Crippen molar-refractivity contribution in [1.82, 2.24) is 9.80 Å². The van der Waals surface area contributed by atoms with Gasteiger partial charge in [0.1, 0.15) is 5.76 Å². The molecule has 0 aromatic heterocycles. The van der Waals surface area contributed by atoms with Crippen LogP contribution < -0.4 is 0 Å². The molecule has 0 radical (unpaired) electrons. The van der Waals surface area contributed by atoms with Crippen LogP contribution in [0, 0.1) is 0 Å². The minimum absolute atomic E-state index is 0.0497. The molecule has 0 spiro atoms. The zero-order chi connectivity index (χ0) is 17.9. The first-order valence-corrected chi connectivity index (χ1v) is 7.45. The van der Waals surface area contributed by atoms with E-state index in [1.165, 1.54) is 18.1 Å². The van der Waals surface area contributed by atoms with Crippen molar-refractivity contribution in [3.05, 3.63) is 59.4 Å². The van der Waals surface area contributed by atoms with Crippen LogP contribution in [0.2, 0.25) is 0 Å². The van der Waals surface area contributed by atoms with Gasteiger partial charge in [0.15, 0.2) is 0 Å². The predicted octanol–water partition coefficient (Wildman–Crippen LogP) is 1.85. The highest BCUT2D eigenvalue weighted by Gasteiger charge is 2.37. The molecule has 1 aliphatic rings. The zero-order valence-corrected chi connectivity index (χ0v) is 14.0. The first kappa shape index (κ1) is 17.5. The maximum absolute atomic E-state index is 12.5. The second-order valence-corrected chi connectivity index (χ2v) is 5.51. The fourth-order valence-electron chi connectivity index (χ4n) is 2.79. The monoisotopic (exact) mass is 328 g/mol. The Morgan fingerprint density at radius 2 is 1.83 bits per heavy atom. The standard InChI is InChI=1S/C18H20N2O4/c1-5-16(24-4)12(2)15(19(3)11-21)10-20-17(22)13-8-6-7-9-14(13)18(20)23/h5-9,11,15H,1,10H2,2-4H3/b16-12-/t15-/m1/s1. The molecule has 3 amide bonds. The van der Waals surface area contributed by atoms with Crippen molar-refractivity contribution in [2.24, 2.45) is 0 Å². The number of rotatable bonds is 7. The number of carbonyl (C=O) groups is 3. The Morgan fingerprint density at radius 1 is 1.29 bits per heavy atom. The number of allylic oxidation sites excluding steroid dienone is 1. The van der Waals surface area contributed by atoms with E-state index in [1.807, 2.05) is 0 Å². The van der Waals surface area contributed by atoms with E-state index < -0.39 is 6.04 Å². The highest BCUT2D eigenvalue weighted by Crippen LogP contribution is 2.25. The number of amides is 3. The Kier molecular flexibility index (Phi) is 5.18. The Morgan fingerprint density at radius 3 is 2.25 bits per heavy atom. The van der Waals surface area contributed by atoms with Crippen LogP contribution >= 0.6 is 0 Å². The number of hydrogen-bond acceptors (Lipinski definition) is 4. The van der Waals surface area contributed by atoms with E-state index in [9.17, 15) is 14.4 Å². The Labute approximate surface area is 141 Å². The van der Waals surface area contributed by atoms with Gasteiger partial charge in [-0.2, -0.15) is 0 Å². The first-order valence-electron chi connectivity index (χ1n) is 7.45. The summed E-state index contributed by atoms with van der Waals surface area (Å²) in [5.74, 6) is -0.208. The molecule has 0 aliphatic carbocycles. The van der Waals surface area contributed by atoms with Gasteiger partial charge in [-0.1, -0.05) is 18.7 Å². The molecule has 1 aromatic carbocycles. The van der Waals surface area contributed by atoms with E-state index in [4.69, 9.17) is 4.74 Å². The summed E-state index contributed by atoms with van der Waals surface area (Å²) in [5.41, 5.74) is 1.47. The Balaban J connectivity index is 2.37. The van der Waals surface area contributed by atoms with Gasteiger partial charge >= 0.3 is 0 Å². The quantitative estimate of drug-likeness (QED) is 0.331. The lowest BCUT2D eigenvalue weighted by atomic mass is 10.1. The highest BCUT2D eigenvalue weighted by atomic mass is 16.5. The number of ether oxygens (including phenoxy) is 1. The molecular formula is C18H20N2O4. The van der Waals surface area contributed by atoms with Gasteiger partial charge in [0.25, 0.3) is 11.8 Å². The summed E-state index contributed by atoms with van der Waals surface area (Å²) in [5, 5.41) is 0. The van der Waals surface area contributed by atoms with Gasteiger partial charge in [-0.25, -0.2) is 0 Å². The topological polar surface area (TPSA) is 66.9 Å². The fraction of sp³-hybridized carbons (Fsp3) is 0.278. The third-order valence-corrected chi connectivity index (χ3v) is 4.19. The molecular weight excluding hydrogens is 308 g/mol. The van der Waals surface area contributed by atoms with Gasteiger partial charge in [0.2, 0.25) is 6.41 Å². The van der Waals surface area contributed by atoms with Crippen LogP contribution in [0.4, 0.5) is 0 Å². The summed E-state index contributed by atoms with van der Waals surface area (Å²) in [6, 6.07) is 6.18. The lowest BCUT2D eigenvalue weighted by molar-refractivity contribution is -0.118. The summed E-state index contributed by atoms with van der Waals surface area (Å²) >= 11 is 0. The van der Waals surface area contributed by atoms with Crippen molar-refractivity contribution in [2.75, 3.05) is 20.7 Å². The van der Waals surface area contributed by atoms with Crippen LogP contribution in [0.15, 0.2) is 48.3 Å². The van der Waals surface area contributed by atoms with Crippen LogP contribution in [0.5, 0.6) is 0 Å². The summed E-state index contributed by atoms with van der Waals surface area (Å²) in [4.78, 5) is 38.9. The molecule has 0 saturated carbocycles. The lowest BCUT2D eigenvalue weighted by Gasteiger charge is -2.29. The molecule has 0 unspecified atom stereocenters. The Hall–Kier alpha value is -2.89. The van der Waals surface area contributed by atoms with E-state index in [1.54, 1.807) is 38.2 Å². The number of benzene rings is 1. The predicted molar refractivity (Wildman–Crippen MR) is 89.3 cm³/mol. The molecule has 2 rings (SSSR count). The third-order valence-electron chi connectivity index (χ3n) is 4.19. The van der Waals surface area contributed by atoms with E-state index in [0.717, 1.165) is 4.90 Å². The fourth-order valence-corrected chi connectivity index (χ4v) is 2.79. The van der Waals surface area contributed by atoms with Crippen LogP contribution in [-0.2, 0) is 9.53 Å². The normalized spacial score (nSPS) is 15.5. The summed E-state index contributed by atoms with van der Waals surface area (Å²) in [6.45, 7) is 5.51. The first-order chi connectivity index (χ1) is 11.5. The molecule has 6 heteroatoms. The number of nitrogens with zero attached hydrogens (tertiary/aromatic N) is 2. The van der Waals surface area contributed by atoms with Gasteiger partial charge in [-0.15, -0.1) is 0 Å². The van der Waals surface area contributed by atoms with E-state index in [0.29, 0.717) is 28.9 Å². The van der Waals surface area contributed by atoms with Gasteiger partial charge in [-0.3, -0.25) is 19.3 Å². The minimum Gasteiger partial charge on any atom is -0.497 e. The summed E-state index contributed by atoms with van der Waals surface area (Å²) in [6.07, 6.45) is 2.19. The number of fused-ring (bicyclic) bond motifs is 1. The molecule has 24 heavy (non-hydrogen) atoms. The van der Waals surface area contributed by atoms with Crippen LogP contribution in [-0.4, -0.2) is 54.8 Å². The van der Waals surface area contributed by atoms with Crippen LogP contribution in [0.25, 0.3) is 0 Å². The number of carbonyl (C=O) groups excluding carboxylic acids is 3. The molecule has 126 valence electrons. The Bertz CT molecular complexity index is 688. The zero-order valence-electron chi connectivity index (χ0n) is 14.0. The summed E-state index contributed by atoms with van der Waals surface area (Å²) < 4.78 is 5.25. The average molecular weight is 328 g/mol. The van der Waals surface area contributed by atoms with Crippen molar-refractivity contribution in [1.29, 1.82) is 0 Å². The van der Waals surface area contributed by atoms with Crippen molar-refractivity contribution < 1.29 is 19.1 Å². The molecule has 1 atom stereocenters. The van der Waals surface area contributed by atoms with Crippen LogP contribution in [0.1, 0.15) is 27.6 Å². The SMILES string of the molecule is C=C/C(OC)=C(\C)[C@@H](CN1C(=O)c2ccccc2C1=O)N(C)C=O. The van der Waals surface area contributed by atoms with Crippen molar-refractivity contribution in [3.8, 4) is 0 Å². The lowest BCUT2D eigenvalue weighted by Crippen LogP contribution is -2.45. The van der Waals surface area contributed by atoms with Crippen molar-refractivity contribution >= 4 is 18.2 Å². The largest absolute Gasteiger partial charge is 0.497 e. The molecule has 0 fully saturated rings. The molecule has 1 aliphatic heterocycles. The highest BCUT2D eigenvalue weighted by molar-refractivity contribution is 6.21.